The van der Waals surface area contributed by atoms with Crippen LogP contribution < -0.4 is 0 Å². The van der Waals surface area contributed by atoms with Crippen molar-refractivity contribution in [2.24, 2.45) is 0 Å². The van der Waals surface area contributed by atoms with Crippen molar-refractivity contribution in [3.63, 3.8) is 0 Å². The second-order valence-corrected chi connectivity index (χ2v) is 4.25. The van der Waals surface area contributed by atoms with E-state index in [4.69, 9.17) is 0 Å². The second kappa shape index (κ2) is 6.62. The van der Waals surface area contributed by atoms with Crippen molar-refractivity contribution < 1.29 is 9.90 Å². The number of nitrogens with zero attached hydrogens (tertiary/aromatic N) is 1. The first-order valence-electron chi connectivity index (χ1n) is 5.81. The van der Waals surface area contributed by atoms with E-state index in [2.05, 4.69) is 4.90 Å². The Morgan fingerprint density at radius 1 is 1.12 bits per heavy atom. The molecule has 1 aliphatic heterocycles. The number of halogens is 1. The molecule has 1 aromatic carbocycles. The Morgan fingerprint density at radius 2 is 1.71 bits per heavy atom. The summed E-state index contributed by atoms with van der Waals surface area (Å²) < 4.78 is 0. The largest absolute Gasteiger partial charge is 0.480 e. The highest BCUT2D eigenvalue weighted by molar-refractivity contribution is 5.85. The fourth-order valence-corrected chi connectivity index (χ4v) is 2.32. The van der Waals surface area contributed by atoms with E-state index >= 15 is 0 Å². The second-order valence-electron chi connectivity index (χ2n) is 4.25. The predicted octanol–water partition coefficient (Wildman–Crippen LogP) is 2.72. The van der Waals surface area contributed by atoms with E-state index in [0.717, 1.165) is 31.5 Å². The number of carboxylic acid groups (broad SMARTS) is 1. The minimum Gasteiger partial charge on any atom is -0.480 e. The van der Waals surface area contributed by atoms with Crippen molar-refractivity contribution in [1.29, 1.82) is 0 Å². The van der Waals surface area contributed by atoms with Gasteiger partial charge in [-0.1, -0.05) is 36.8 Å². The van der Waals surface area contributed by atoms with Gasteiger partial charge in [0.25, 0.3) is 0 Å². The lowest BCUT2D eigenvalue weighted by Gasteiger charge is -2.32. The molecular formula is C13H18ClNO2. The Balaban J connectivity index is 0.00000144. The first kappa shape index (κ1) is 14.0. The Kier molecular flexibility index (Phi) is 5.45. The van der Waals surface area contributed by atoms with E-state index in [1.807, 2.05) is 30.3 Å². The third-order valence-electron chi connectivity index (χ3n) is 3.11. The van der Waals surface area contributed by atoms with Crippen LogP contribution in [0.4, 0.5) is 0 Å². The van der Waals surface area contributed by atoms with Gasteiger partial charge in [-0.15, -0.1) is 12.4 Å². The quantitative estimate of drug-likeness (QED) is 0.903. The molecule has 1 heterocycles. The first-order valence-corrected chi connectivity index (χ1v) is 5.81. The molecule has 1 saturated heterocycles. The number of piperidine rings is 1. The lowest BCUT2D eigenvalue weighted by Crippen LogP contribution is -2.37. The normalized spacial score (nSPS) is 18.1. The molecule has 0 bridgehead atoms. The molecule has 0 amide bonds. The van der Waals surface area contributed by atoms with Crippen LogP contribution in [0.2, 0.25) is 0 Å². The summed E-state index contributed by atoms with van der Waals surface area (Å²) in [7, 11) is 0. The molecule has 2 rings (SSSR count). The molecular weight excluding hydrogens is 238 g/mol. The number of aliphatic carboxylic acids is 1. The lowest BCUT2D eigenvalue weighted by atomic mass is 10.0. The van der Waals surface area contributed by atoms with Crippen molar-refractivity contribution in [1.82, 2.24) is 4.90 Å². The molecule has 0 saturated carbocycles. The molecule has 0 aromatic heterocycles. The van der Waals surface area contributed by atoms with Crippen molar-refractivity contribution in [3.8, 4) is 0 Å². The fourth-order valence-electron chi connectivity index (χ4n) is 2.32. The molecule has 4 heteroatoms. The predicted molar refractivity (Wildman–Crippen MR) is 69.5 cm³/mol. The third kappa shape index (κ3) is 3.45. The van der Waals surface area contributed by atoms with Crippen molar-refractivity contribution >= 4 is 18.4 Å². The summed E-state index contributed by atoms with van der Waals surface area (Å²) in [6, 6.07) is 9.03. The molecule has 1 aliphatic rings. The van der Waals surface area contributed by atoms with Crippen LogP contribution >= 0.6 is 12.4 Å². The number of carboxylic acids is 1. The van der Waals surface area contributed by atoms with Gasteiger partial charge in [0.1, 0.15) is 6.04 Å². The van der Waals surface area contributed by atoms with Crippen molar-refractivity contribution in [2.75, 3.05) is 13.1 Å². The number of benzene rings is 1. The highest BCUT2D eigenvalue weighted by atomic mass is 35.5. The molecule has 0 aliphatic carbocycles. The Morgan fingerprint density at radius 3 is 2.24 bits per heavy atom. The van der Waals surface area contributed by atoms with Gasteiger partial charge >= 0.3 is 5.97 Å². The van der Waals surface area contributed by atoms with E-state index in [9.17, 15) is 9.90 Å². The van der Waals surface area contributed by atoms with Crippen LogP contribution in [0.5, 0.6) is 0 Å². The lowest BCUT2D eigenvalue weighted by molar-refractivity contribution is -0.144. The summed E-state index contributed by atoms with van der Waals surface area (Å²) in [6.45, 7) is 1.79. The highest BCUT2D eigenvalue weighted by Crippen LogP contribution is 2.24. The van der Waals surface area contributed by atoms with Crippen LogP contribution in [0.1, 0.15) is 30.9 Å². The van der Waals surface area contributed by atoms with Gasteiger partial charge in [-0.05, 0) is 31.5 Å². The number of carbonyl (C=O) groups is 1. The Labute approximate surface area is 108 Å². The summed E-state index contributed by atoms with van der Waals surface area (Å²) in [5.74, 6) is -0.742. The topological polar surface area (TPSA) is 40.5 Å². The van der Waals surface area contributed by atoms with Gasteiger partial charge < -0.3 is 5.11 Å². The van der Waals surface area contributed by atoms with Gasteiger partial charge in [-0.3, -0.25) is 9.69 Å². The zero-order valence-electron chi connectivity index (χ0n) is 9.71. The van der Waals surface area contributed by atoms with E-state index in [-0.39, 0.29) is 12.4 Å². The summed E-state index contributed by atoms with van der Waals surface area (Å²) in [5.41, 5.74) is 0.886. The molecule has 0 spiro atoms. The maximum Gasteiger partial charge on any atom is 0.325 e. The van der Waals surface area contributed by atoms with Gasteiger partial charge in [-0.25, -0.2) is 0 Å². The Hall–Kier alpha value is -1.06. The number of hydrogen-bond donors (Lipinski definition) is 1. The molecule has 94 valence electrons. The molecule has 1 unspecified atom stereocenters. The van der Waals surface area contributed by atoms with Gasteiger partial charge in [0.05, 0.1) is 0 Å². The SMILES string of the molecule is Cl.O=C(O)C(c1ccccc1)N1CCCCC1. The van der Waals surface area contributed by atoms with E-state index < -0.39 is 12.0 Å². The molecule has 1 atom stereocenters. The van der Waals surface area contributed by atoms with Gasteiger partial charge in [0.2, 0.25) is 0 Å². The minimum absolute atomic E-state index is 0. The third-order valence-corrected chi connectivity index (χ3v) is 3.11. The average Bonchev–Trinajstić information content (AvgIpc) is 2.31. The van der Waals surface area contributed by atoms with E-state index in [1.165, 1.54) is 6.42 Å². The van der Waals surface area contributed by atoms with Gasteiger partial charge in [-0.2, -0.15) is 0 Å². The average molecular weight is 256 g/mol. The van der Waals surface area contributed by atoms with Crippen molar-refractivity contribution in [2.45, 2.75) is 25.3 Å². The standard InChI is InChI=1S/C13H17NO2.ClH/c15-13(16)12(11-7-3-1-4-8-11)14-9-5-2-6-10-14;/h1,3-4,7-8,12H,2,5-6,9-10H2,(H,15,16);1H. The number of likely N-dealkylation sites (tertiary alicyclic amines) is 1. The monoisotopic (exact) mass is 255 g/mol. The number of hydrogen-bond acceptors (Lipinski definition) is 2. The fraction of sp³-hybridized carbons (Fsp3) is 0.462. The minimum atomic E-state index is -0.742. The molecule has 3 nitrogen and oxygen atoms in total. The first-order chi connectivity index (χ1) is 7.79. The summed E-state index contributed by atoms with van der Waals surface area (Å²) in [5, 5.41) is 9.34. The zero-order valence-corrected chi connectivity index (χ0v) is 10.5. The number of rotatable bonds is 3. The molecule has 17 heavy (non-hydrogen) atoms. The maximum absolute atomic E-state index is 11.4. The van der Waals surface area contributed by atoms with Crippen molar-refractivity contribution in [3.05, 3.63) is 35.9 Å². The van der Waals surface area contributed by atoms with Crippen LogP contribution in [0, 0.1) is 0 Å². The molecule has 0 radical (unpaired) electrons. The molecule has 1 aromatic rings. The van der Waals surface area contributed by atoms with Crippen LogP contribution in [-0.4, -0.2) is 29.1 Å². The van der Waals surface area contributed by atoms with Crippen LogP contribution in [0.3, 0.4) is 0 Å². The highest BCUT2D eigenvalue weighted by Gasteiger charge is 2.27. The van der Waals surface area contributed by atoms with Gasteiger partial charge in [0.15, 0.2) is 0 Å². The van der Waals surface area contributed by atoms with Crippen LogP contribution in [0.15, 0.2) is 30.3 Å². The summed E-state index contributed by atoms with van der Waals surface area (Å²) in [6.07, 6.45) is 3.44. The van der Waals surface area contributed by atoms with Crippen LogP contribution in [-0.2, 0) is 4.79 Å². The summed E-state index contributed by atoms with van der Waals surface area (Å²) in [4.78, 5) is 13.4. The summed E-state index contributed by atoms with van der Waals surface area (Å²) >= 11 is 0. The van der Waals surface area contributed by atoms with E-state index in [1.54, 1.807) is 0 Å². The Bertz CT molecular complexity index is 350. The molecule has 1 fully saturated rings. The molecule has 1 N–H and O–H groups in total. The van der Waals surface area contributed by atoms with Crippen LogP contribution in [0.25, 0.3) is 0 Å². The smallest absolute Gasteiger partial charge is 0.325 e. The van der Waals surface area contributed by atoms with E-state index in [0.29, 0.717) is 0 Å². The maximum atomic E-state index is 11.4. The van der Waals surface area contributed by atoms with Gasteiger partial charge in [0, 0.05) is 0 Å². The zero-order chi connectivity index (χ0) is 11.4.